The van der Waals surface area contributed by atoms with Crippen LogP contribution in [0.15, 0.2) is 18.2 Å². The van der Waals surface area contributed by atoms with E-state index in [1.807, 2.05) is 19.1 Å². The molecular weight excluding hydrogens is 263 g/mol. The normalized spacial score (nSPS) is 16.7. The molecule has 0 bridgehead atoms. The Morgan fingerprint density at radius 2 is 1.67 bits per heavy atom. The van der Waals surface area contributed by atoms with Crippen LogP contribution in [0.2, 0.25) is 0 Å². The van der Waals surface area contributed by atoms with Crippen LogP contribution in [0, 0.1) is 12.7 Å². The number of hydrogen-bond acceptors (Lipinski definition) is 2. The van der Waals surface area contributed by atoms with Crippen molar-refractivity contribution >= 4 is 0 Å². The van der Waals surface area contributed by atoms with E-state index < -0.39 is 0 Å². The van der Waals surface area contributed by atoms with Gasteiger partial charge in [0.05, 0.1) is 0 Å². The molecule has 3 heteroatoms. The van der Waals surface area contributed by atoms with Crippen molar-refractivity contribution in [2.75, 3.05) is 26.2 Å². The van der Waals surface area contributed by atoms with E-state index >= 15 is 0 Å². The van der Waals surface area contributed by atoms with Gasteiger partial charge in [-0.2, -0.15) is 0 Å². The molecule has 0 unspecified atom stereocenters. The second-order valence-electron chi connectivity index (χ2n) is 6.21. The Bertz CT molecular complexity index is 410. The molecule has 2 rings (SSSR count). The summed E-state index contributed by atoms with van der Waals surface area (Å²) in [5.74, 6) is -0.0683. The predicted molar refractivity (Wildman–Crippen MR) is 89.1 cm³/mol. The molecule has 0 atom stereocenters. The van der Waals surface area contributed by atoms with Gasteiger partial charge < -0.3 is 0 Å². The van der Waals surface area contributed by atoms with Crippen molar-refractivity contribution in [1.82, 2.24) is 9.80 Å². The van der Waals surface area contributed by atoms with Crippen molar-refractivity contribution < 1.29 is 4.39 Å². The number of halogens is 1. The van der Waals surface area contributed by atoms with Crippen LogP contribution < -0.4 is 0 Å². The number of nitrogens with zero attached hydrogens (tertiary/aromatic N) is 2. The standard InChI is InChI=1S/C15H23FN2.C3H8/c1-12(2)18-8-6-17(7-9-18)11-14-5-4-13(3)10-15(14)16;1-3-2/h4-5,10,12H,6-9,11H2,1-3H3;3H2,1-2H3. The zero-order valence-corrected chi connectivity index (χ0v) is 14.3. The topological polar surface area (TPSA) is 6.48 Å². The summed E-state index contributed by atoms with van der Waals surface area (Å²) in [6, 6.07) is 6.14. The molecule has 1 aromatic rings. The second kappa shape index (κ2) is 9.16. The molecule has 1 saturated heterocycles. The highest BCUT2D eigenvalue weighted by atomic mass is 19.1. The van der Waals surface area contributed by atoms with Crippen molar-refractivity contribution in [3.05, 3.63) is 35.1 Å². The fourth-order valence-electron chi connectivity index (χ4n) is 2.46. The summed E-state index contributed by atoms with van der Waals surface area (Å²) in [5.41, 5.74) is 1.81. The van der Waals surface area contributed by atoms with Crippen LogP contribution in [-0.2, 0) is 6.54 Å². The highest BCUT2D eigenvalue weighted by Crippen LogP contribution is 2.14. The minimum absolute atomic E-state index is 0.0683. The maximum atomic E-state index is 13.8. The van der Waals surface area contributed by atoms with Gasteiger partial charge in [0, 0.05) is 44.3 Å². The van der Waals surface area contributed by atoms with E-state index in [-0.39, 0.29) is 5.82 Å². The number of rotatable bonds is 3. The van der Waals surface area contributed by atoms with Crippen LogP contribution in [0.5, 0.6) is 0 Å². The lowest BCUT2D eigenvalue weighted by atomic mass is 10.1. The van der Waals surface area contributed by atoms with Crippen LogP contribution in [0.1, 0.15) is 45.2 Å². The molecule has 1 aliphatic rings. The van der Waals surface area contributed by atoms with E-state index in [1.165, 1.54) is 6.42 Å². The Kier molecular flexibility index (Phi) is 7.91. The minimum atomic E-state index is -0.0683. The van der Waals surface area contributed by atoms with Gasteiger partial charge in [-0.15, -0.1) is 0 Å². The van der Waals surface area contributed by atoms with E-state index in [9.17, 15) is 4.39 Å². The zero-order valence-electron chi connectivity index (χ0n) is 14.3. The first-order valence-electron chi connectivity index (χ1n) is 8.19. The maximum absolute atomic E-state index is 13.8. The monoisotopic (exact) mass is 294 g/mol. The molecule has 1 aliphatic heterocycles. The molecule has 0 amide bonds. The van der Waals surface area contributed by atoms with Crippen molar-refractivity contribution in [2.24, 2.45) is 0 Å². The Labute approximate surface area is 129 Å². The molecule has 0 radical (unpaired) electrons. The van der Waals surface area contributed by atoms with Crippen LogP contribution in [0.4, 0.5) is 4.39 Å². The zero-order chi connectivity index (χ0) is 15.8. The Morgan fingerprint density at radius 3 is 2.14 bits per heavy atom. The summed E-state index contributed by atoms with van der Waals surface area (Å²) in [7, 11) is 0. The van der Waals surface area contributed by atoms with Crippen LogP contribution in [0.25, 0.3) is 0 Å². The smallest absolute Gasteiger partial charge is 0.127 e. The third-order valence-electron chi connectivity index (χ3n) is 3.74. The number of benzene rings is 1. The summed E-state index contributed by atoms with van der Waals surface area (Å²) < 4.78 is 13.8. The number of piperazine rings is 1. The van der Waals surface area contributed by atoms with E-state index in [1.54, 1.807) is 6.07 Å². The summed E-state index contributed by atoms with van der Waals surface area (Å²) in [4.78, 5) is 4.81. The van der Waals surface area contributed by atoms with E-state index in [0.29, 0.717) is 6.04 Å². The lowest BCUT2D eigenvalue weighted by Crippen LogP contribution is -2.48. The maximum Gasteiger partial charge on any atom is 0.127 e. The average Bonchev–Trinajstić information content (AvgIpc) is 2.43. The van der Waals surface area contributed by atoms with Crippen LogP contribution in [-0.4, -0.2) is 42.0 Å². The van der Waals surface area contributed by atoms with Gasteiger partial charge in [-0.1, -0.05) is 32.4 Å². The molecule has 120 valence electrons. The number of aryl methyl sites for hydroxylation is 1. The molecule has 21 heavy (non-hydrogen) atoms. The van der Waals surface area contributed by atoms with Gasteiger partial charge in [0.15, 0.2) is 0 Å². The molecule has 1 aromatic carbocycles. The molecule has 2 nitrogen and oxygen atoms in total. The van der Waals surface area contributed by atoms with Crippen LogP contribution >= 0.6 is 0 Å². The Balaban J connectivity index is 0.000000677. The second-order valence-corrected chi connectivity index (χ2v) is 6.21. The summed E-state index contributed by atoms with van der Waals surface area (Å²) in [6.45, 7) is 15.6. The first kappa shape index (κ1) is 18.1. The fourth-order valence-corrected chi connectivity index (χ4v) is 2.46. The van der Waals surface area contributed by atoms with Gasteiger partial charge in [0.1, 0.15) is 5.82 Å². The predicted octanol–water partition coefficient (Wildman–Crippen LogP) is 4.08. The summed E-state index contributed by atoms with van der Waals surface area (Å²) >= 11 is 0. The van der Waals surface area contributed by atoms with Gasteiger partial charge >= 0.3 is 0 Å². The highest BCUT2D eigenvalue weighted by Gasteiger charge is 2.19. The SMILES string of the molecule is CCC.Cc1ccc(CN2CCN(C(C)C)CC2)c(F)c1. The average molecular weight is 294 g/mol. The molecule has 1 fully saturated rings. The first-order chi connectivity index (χ1) is 9.97. The Morgan fingerprint density at radius 1 is 1.10 bits per heavy atom. The van der Waals surface area contributed by atoms with Gasteiger partial charge in [-0.05, 0) is 32.4 Å². The van der Waals surface area contributed by atoms with Gasteiger partial charge in [-0.25, -0.2) is 4.39 Å². The third kappa shape index (κ3) is 6.15. The first-order valence-corrected chi connectivity index (χ1v) is 8.19. The molecular formula is C18H31FN2. The van der Waals surface area contributed by atoms with Crippen molar-refractivity contribution in [2.45, 2.75) is 53.6 Å². The molecule has 0 spiro atoms. The molecule has 0 aliphatic carbocycles. The summed E-state index contributed by atoms with van der Waals surface area (Å²) in [5, 5.41) is 0. The lowest BCUT2D eigenvalue weighted by Gasteiger charge is -2.37. The van der Waals surface area contributed by atoms with E-state index in [2.05, 4.69) is 37.5 Å². The van der Waals surface area contributed by atoms with Gasteiger partial charge in [-0.3, -0.25) is 9.80 Å². The van der Waals surface area contributed by atoms with Gasteiger partial charge in [0.25, 0.3) is 0 Å². The summed E-state index contributed by atoms with van der Waals surface area (Å²) in [6.07, 6.45) is 1.25. The Hall–Kier alpha value is -0.930. The van der Waals surface area contributed by atoms with E-state index in [4.69, 9.17) is 0 Å². The van der Waals surface area contributed by atoms with Gasteiger partial charge in [0.2, 0.25) is 0 Å². The van der Waals surface area contributed by atoms with E-state index in [0.717, 1.165) is 43.9 Å². The number of hydrogen-bond donors (Lipinski definition) is 0. The fraction of sp³-hybridized carbons (Fsp3) is 0.667. The van der Waals surface area contributed by atoms with Crippen molar-refractivity contribution in [3.8, 4) is 0 Å². The quantitative estimate of drug-likeness (QED) is 0.829. The lowest BCUT2D eigenvalue weighted by molar-refractivity contribution is 0.103. The molecule has 0 aromatic heterocycles. The van der Waals surface area contributed by atoms with Crippen LogP contribution in [0.3, 0.4) is 0 Å². The molecule has 0 saturated carbocycles. The third-order valence-corrected chi connectivity index (χ3v) is 3.74. The highest BCUT2D eigenvalue weighted by molar-refractivity contribution is 5.23. The minimum Gasteiger partial charge on any atom is -0.298 e. The largest absolute Gasteiger partial charge is 0.298 e. The van der Waals surface area contributed by atoms with Crippen molar-refractivity contribution in [3.63, 3.8) is 0 Å². The molecule has 1 heterocycles. The van der Waals surface area contributed by atoms with Crippen molar-refractivity contribution in [1.29, 1.82) is 0 Å². The molecule has 0 N–H and O–H groups in total.